The van der Waals surface area contributed by atoms with Gasteiger partial charge in [0.1, 0.15) is 0 Å². The number of benzene rings is 1. The maximum absolute atomic E-state index is 11.9. The average molecular weight is 301 g/mol. The van der Waals surface area contributed by atoms with Gasteiger partial charge in [0.15, 0.2) is 0 Å². The highest BCUT2D eigenvalue weighted by molar-refractivity contribution is 7.09. The first-order valence-corrected chi connectivity index (χ1v) is 8.06. The molecule has 1 aliphatic rings. The van der Waals surface area contributed by atoms with E-state index in [1.54, 1.807) is 11.3 Å². The van der Waals surface area contributed by atoms with Crippen molar-refractivity contribution in [3.8, 4) is 0 Å². The number of para-hydroxylation sites is 1. The maximum Gasteiger partial charge on any atom is 0.315 e. The fourth-order valence-electron chi connectivity index (χ4n) is 2.57. The molecule has 0 spiro atoms. The van der Waals surface area contributed by atoms with Gasteiger partial charge in [-0.05, 0) is 30.0 Å². The Morgan fingerprint density at radius 1 is 1.24 bits per heavy atom. The van der Waals surface area contributed by atoms with Crippen LogP contribution in [0.15, 0.2) is 47.8 Å². The van der Waals surface area contributed by atoms with Crippen LogP contribution in [0.4, 0.5) is 10.5 Å². The molecule has 1 aliphatic heterocycles. The molecule has 2 amide bonds. The molecule has 0 bridgehead atoms. The summed E-state index contributed by atoms with van der Waals surface area (Å²) < 4.78 is 0. The summed E-state index contributed by atoms with van der Waals surface area (Å²) >= 11 is 1.65. The van der Waals surface area contributed by atoms with Gasteiger partial charge in [-0.3, -0.25) is 0 Å². The smallest absolute Gasteiger partial charge is 0.315 e. The standard InChI is InChI=1S/C16H19N3OS/c20-16(17-11-15-7-4-10-21-15)18-13-8-9-19(12-13)14-5-2-1-3-6-14/h1-7,10,13H,8-9,11-12H2,(H2,17,18,20)/t13-/m0/s1. The summed E-state index contributed by atoms with van der Waals surface area (Å²) in [5.41, 5.74) is 1.22. The Balaban J connectivity index is 1.45. The zero-order valence-corrected chi connectivity index (χ0v) is 12.6. The lowest BCUT2D eigenvalue weighted by atomic mass is 10.3. The molecule has 1 atom stereocenters. The minimum Gasteiger partial charge on any atom is -0.369 e. The van der Waals surface area contributed by atoms with Gasteiger partial charge in [0.2, 0.25) is 0 Å². The number of carbonyl (C=O) groups is 1. The third kappa shape index (κ3) is 3.76. The Morgan fingerprint density at radius 2 is 2.10 bits per heavy atom. The number of nitrogens with zero attached hydrogens (tertiary/aromatic N) is 1. The number of nitrogens with one attached hydrogen (secondary N) is 2. The van der Waals surface area contributed by atoms with Gasteiger partial charge in [-0.1, -0.05) is 24.3 Å². The molecule has 2 N–H and O–H groups in total. The Morgan fingerprint density at radius 3 is 2.86 bits per heavy atom. The zero-order chi connectivity index (χ0) is 14.5. The number of hydrogen-bond acceptors (Lipinski definition) is 3. The molecule has 1 fully saturated rings. The Kier molecular flexibility index (Phi) is 4.40. The molecular formula is C16H19N3OS. The van der Waals surface area contributed by atoms with E-state index < -0.39 is 0 Å². The van der Waals surface area contributed by atoms with Crippen LogP contribution in [-0.4, -0.2) is 25.2 Å². The van der Waals surface area contributed by atoms with Crippen molar-refractivity contribution in [3.63, 3.8) is 0 Å². The van der Waals surface area contributed by atoms with Gasteiger partial charge in [0, 0.05) is 29.7 Å². The molecule has 0 radical (unpaired) electrons. The minimum absolute atomic E-state index is 0.0803. The van der Waals surface area contributed by atoms with Crippen molar-refractivity contribution in [1.29, 1.82) is 0 Å². The van der Waals surface area contributed by atoms with Crippen molar-refractivity contribution in [2.24, 2.45) is 0 Å². The van der Waals surface area contributed by atoms with Crippen LogP contribution in [0.1, 0.15) is 11.3 Å². The Labute approximate surface area is 128 Å². The van der Waals surface area contributed by atoms with E-state index in [1.165, 1.54) is 10.6 Å². The monoisotopic (exact) mass is 301 g/mol. The first kappa shape index (κ1) is 13.9. The van der Waals surface area contributed by atoms with Crippen molar-refractivity contribution < 1.29 is 4.79 Å². The van der Waals surface area contributed by atoms with Crippen molar-refractivity contribution >= 4 is 23.1 Å². The minimum atomic E-state index is -0.0803. The quantitative estimate of drug-likeness (QED) is 0.912. The number of urea groups is 1. The number of amides is 2. The van der Waals surface area contributed by atoms with Crippen LogP contribution in [0.3, 0.4) is 0 Å². The highest BCUT2D eigenvalue weighted by Gasteiger charge is 2.23. The zero-order valence-electron chi connectivity index (χ0n) is 11.8. The molecule has 110 valence electrons. The second-order valence-corrected chi connectivity index (χ2v) is 6.21. The SMILES string of the molecule is O=C(NCc1cccs1)N[C@H]1CCN(c2ccccc2)C1. The van der Waals surface area contributed by atoms with Crippen molar-refractivity contribution in [2.45, 2.75) is 19.0 Å². The van der Waals surface area contributed by atoms with E-state index in [1.807, 2.05) is 35.7 Å². The largest absolute Gasteiger partial charge is 0.369 e. The third-order valence-electron chi connectivity index (χ3n) is 3.65. The first-order chi connectivity index (χ1) is 10.3. The van der Waals surface area contributed by atoms with Crippen molar-refractivity contribution in [2.75, 3.05) is 18.0 Å². The molecule has 2 aromatic rings. The fourth-order valence-corrected chi connectivity index (χ4v) is 3.21. The molecule has 0 aliphatic carbocycles. The number of hydrogen-bond donors (Lipinski definition) is 2. The molecule has 1 saturated heterocycles. The van der Waals surface area contributed by atoms with E-state index in [2.05, 4.69) is 27.7 Å². The summed E-state index contributed by atoms with van der Waals surface area (Å²) in [6, 6.07) is 14.5. The van der Waals surface area contributed by atoms with E-state index in [9.17, 15) is 4.79 Å². The molecule has 0 unspecified atom stereocenters. The summed E-state index contributed by atoms with van der Waals surface area (Å²) in [6.45, 7) is 2.45. The van der Waals surface area contributed by atoms with E-state index in [4.69, 9.17) is 0 Å². The van der Waals surface area contributed by atoms with Gasteiger partial charge in [-0.15, -0.1) is 11.3 Å². The lowest BCUT2D eigenvalue weighted by Crippen LogP contribution is -2.43. The van der Waals surface area contributed by atoms with Crippen LogP contribution in [0, 0.1) is 0 Å². The normalized spacial score (nSPS) is 17.7. The molecule has 4 nitrogen and oxygen atoms in total. The summed E-state index contributed by atoms with van der Waals surface area (Å²) in [5.74, 6) is 0. The highest BCUT2D eigenvalue weighted by Crippen LogP contribution is 2.19. The summed E-state index contributed by atoms with van der Waals surface area (Å²) in [4.78, 5) is 15.4. The van der Waals surface area contributed by atoms with Gasteiger partial charge in [0.25, 0.3) is 0 Å². The van der Waals surface area contributed by atoms with Crippen molar-refractivity contribution in [1.82, 2.24) is 10.6 Å². The molecular weight excluding hydrogens is 282 g/mol. The molecule has 2 heterocycles. The van der Waals surface area contributed by atoms with Gasteiger partial charge in [-0.25, -0.2) is 4.79 Å². The van der Waals surface area contributed by atoms with E-state index in [-0.39, 0.29) is 12.1 Å². The highest BCUT2D eigenvalue weighted by atomic mass is 32.1. The van der Waals surface area contributed by atoms with Gasteiger partial charge >= 0.3 is 6.03 Å². The number of carbonyl (C=O) groups excluding carboxylic acids is 1. The molecule has 1 aromatic carbocycles. The molecule has 21 heavy (non-hydrogen) atoms. The van der Waals surface area contributed by atoms with Crippen LogP contribution in [0.2, 0.25) is 0 Å². The van der Waals surface area contributed by atoms with Crippen LogP contribution >= 0.6 is 11.3 Å². The molecule has 1 aromatic heterocycles. The van der Waals surface area contributed by atoms with E-state index in [0.29, 0.717) is 6.54 Å². The Bertz CT molecular complexity index is 570. The van der Waals surface area contributed by atoms with Gasteiger partial charge < -0.3 is 15.5 Å². The van der Waals surface area contributed by atoms with Crippen molar-refractivity contribution in [3.05, 3.63) is 52.7 Å². The molecule has 3 rings (SSSR count). The third-order valence-corrected chi connectivity index (χ3v) is 4.52. The van der Waals surface area contributed by atoms with Crippen LogP contribution in [-0.2, 0) is 6.54 Å². The lowest BCUT2D eigenvalue weighted by molar-refractivity contribution is 0.237. The predicted molar refractivity (Wildman–Crippen MR) is 86.8 cm³/mol. The van der Waals surface area contributed by atoms with E-state index in [0.717, 1.165) is 19.5 Å². The summed E-state index contributed by atoms with van der Waals surface area (Å²) in [7, 11) is 0. The predicted octanol–water partition coefficient (Wildman–Crippen LogP) is 2.83. The Hall–Kier alpha value is -2.01. The van der Waals surface area contributed by atoms with Gasteiger partial charge in [-0.2, -0.15) is 0 Å². The van der Waals surface area contributed by atoms with Gasteiger partial charge in [0.05, 0.1) is 6.54 Å². The maximum atomic E-state index is 11.9. The molecule has 0 saturated carbocycles. The summed E-state index contributed by atoms with van der Waals surface area (Å²) in [5, 5.41) is 7.98. The van der Waals surface area contributed by atoms with Crippen LogP contribution < -0.4 is 15.5 Å². The second kappa shape index (κ2) is 6.63. The second-order valence-electron chi connectivity index (χ2n) is 5.17. The average Bonchev–Trinajstić information content (AvgIpc) is 3.17. The lowest BCUT2D eigenvalue weighted by Gasteiger charge is -2.19. The van der Waals surface area contributed by atoms with E-state index >= 15 is 0 Å². The number of rotatable bonds is 4. The number of thiophene rings is 1. The molecule has 5 heteroatoms. The van der Waals surface area contributed by atoms with Crippen LogP contribution in [0.5, 0.6) is 0 Å². The summed E-state index contributed by atoms with van der Waals surface area (Å²) in [6.07, 6.45) is 0.987. The topological polar surface area (TPSA) is 44.4 Å². The first-order valence-electron chi connectivity index (χ1n) is 7.18. The van der Waals surface area contributed by atoms with Crippen LogP contribution in [0.25, 0.3) is 0 Å². The fraction of sp³-hybridized carbons (Fsp3) is 0.312. The number of anilines is 1.